The van der Waals surface area contributed by atoms with Crippen LogP contribution in [0.15, 0.2) is 42.5 Å². The molecule has 0 aromatic heterocycles. The number of methoxy groups -OCH3 is 1. The summed E-state index contributed by atoms with van der Waals surface area (Å²) < 4.78 is 10.8. The van der Waals surface area contributed by atoms with E-state index in [4.69, 9.17) is 9.47 Å². The Hall–Kier alpha value is -1.48. The Morgan fingerprint density at radius 2 is 1.79 bits per heavy atom. The summed E-state index contributed by atoms with van der Waals surface area (Å²) in [6.07, 6.45) is 0. The Bertz CT molecular complexity index is 723. The van der Waals surface area contributed by atoms with E-state index in [9.17, 15) is 4.79 Å². The molecular formula is C19H25O3PSi. The number of hydrogen-bond donors (Lipinski definition) is 0. The van der Waals surface area contributed by atoms with Gasteiger partial charge >= 0.3 is 0 Å². The Labute approximate surface area is 147 Å². The highest BCUT2D eigenvalue weighted by Gasteiger charge is 2.19. The van der Waals surface area contributed by atoms with Crippen LogP contribution in [0, 0.1) is 0 Å². The third-order valence-electron chi connectivity index (χ3n) is 3.75. The first kappa shape index (κ1) is 18.8. The zero-order valence-corrected chi connectivity index (χ0v) is 17.0. The third-order valence-corrected chi connectivity index (χ3v) is 7.16. The Morgan fingerprint density at radius 3 is 2.42 bits per heavy atom. The minimum atomic E-state index is -1.42. The minimum absolute atomic E-state index is 0.0961. The van der Waals surface area contributed by atoms with Gasteiger partial charge in [-0.2, -0.15) is 0 Å². The lowest BCUT2D eigenvalue weighted by Crippen LogP contribution is -2.39. The molecule has 1 atom stereocenters. The molecule has 2 rings (SSSR count). The second kappa shape index (κ2) is 8.06. The van der Waals surface area contributed by atoms with Gasteiger partial charge in [-0.05, 0) is 18.3 Å². The number of carbonyl (C=O) groups is 1. The van der Waals surface area contributed by atoms with Crippen LogP contribution in [0.5, 0.6) is 5.75 Å². The molecule has 0 aliphatic rings. The first-order valence-corrected chi connectivity index (χ1v) is 12.5. The highest BCUT2D eigenvalue weighted by atomic mass is 31.1. The lowest BCUT2D eigenvalue weighted by Gasteiger charge is -2.20. The normalized spacial score (nSPS) is 11.9. The number of ether oxygens (including phenoxy) is 2. The van der Waals surface area contributed by atoms with Gasteiger partial charge in [-0.25, -0.2) is 0 Å². The summed E-state index contributed by atoms with van der Waals surface area (Å²) in [5.41, 5.74) is 0.784. The van der Waals surface area contributed by atoms with Gasteiger partial charge in [-0.1, -0.05) is 69.8 Å². The van der Waals surface area contributed by atoms with Crippen molar-refractivity contribution in [1.29, 1.82) is 0 Å². The molecule has 0 aliphatic heterocycles. The van der Waals surface area contributed by atoms with Gasteiger partial charge in [0.05, 0.1) is 8.07 Å². The SMILES string of the molecule is COCOc1ccc([Si](C)(C)C)cc1Pc1ccccc1C(C)=O. The van der Waals surface area contributed by atoms with Crippen LogP contribution in [0.25, 0.3) is 0 Å². The van der Waals surface area contributed by atoms with Crippen LogP contribution in [-0.2, 0) is 4.74 Å². The smallest absolute Gasteiger partial charge is 0.188 e. The number of Topliss-reactive ketones (excluding diaryl/α,β-unsaturated/α-hetero) is 1. The molecule has 3 nitrogen and oxygen atoms in total. The Balaban J connectivity index is 2.44. The summed E-state index contributed by atoms with van der Waals surface area (Å²) in [6, 6.07) is 14.2. The monoisotopic (exact) mass is 360 g/mol. The highest BCUT2D eigenvalue weighted by Crippen LogP contribution is 2.21. The first-order valence-electron chi connectivity index (χ1n) is 7.96. The van der Waals surface area contributed by atoms with E-state index in [1.165, 1.54) is 5.19 Å². The molecule has 0 spiro atoms. The van der Waals surface area contributed by atoms with Crippen LogP contribution < -0.4 is 20.5 Å². The van der Waals surface area contributed by atoms with E-state index in [-0.39, 0.29) is 12.6 Å². The van der Waals surface area contributed by atoms with Crippen LogP contribution in [0.2, 0.25) is 19.6 Å². The molecule has 0 bridgehead atoms. The zero-order valence-electron chi connectivity index (χ0n) is 15.0. The molecule has 0 amide bonds. The van der Waals surface area contributed by atoms with Crippen molar-refractivity contribution in [3.8, 4) is 5.75 Å². The van der Waals surface area contributed by atoms with Crippen LogP contribution in [-0.4, -0.2) is 27.8 Å². The summed E-state index contributed by atoms with van der Waals surface area (Å²) in [4.78, 5) is 11.9. The van der Waals surface area contributed by atoms with Crippen LogP contribution in [0.4, 0.5) is 0 Å². The Kier molecular flexibility index (Phi) is 6.33. The van der Waals surface area contributed by atoms with E-state index in [1.807, 2.05) is 30.3 Å². The number of hydrogen-bond acceptors (Lipinski definition) is 3. The van der Waals surface area contributed by atoms with Gasteiger partial charge in [0.1, 0.15) is 5.75 Å². The van der Waals surface area contributed by atoms with Crippen LogP contribution >= 0.6 is 8.58 Å². The molecule has 0 radical (unpaired) electrons. The number of benzene rings is 2. The van der Waals surface area contributed by atoms with E-state index in [1.54, 1.807) is 14.0 Å². The Morgan fingerprint density at radius 1 is 1.08 bits per heavy atom. The summed E-state index contributed by atoms with van der Waals surface area (Å²) in [6.45, 7) is 8.82. The summed E-state index contributed by atoms with van der Waals surface area (Å²) in [5, 5.41) is 3.57. The van der Waals surface area contributed by atoms with Gasteiger partial charge in [-0.15, -0.1) is 0 Å². The fourth-order valence-corrected chi connectivity index (χ4v) is 5.06. The summed E-state index contributed by atoms with van der Waals surface area (Å²) in [7, 11) is 0.568. The van der Waals surface area contributed by atoms with Crippen molar-refractivity contribution in [2.45, 2.75) is 26.6 Å². The van der Waals surface area contributed by atoms with Crippen molar-refractivity contribution >= 4 is 38.2 Å². The average Bonchev–Trinajstić information content (AvgIpc) is 2.53. The molecule has 2 aromatic rings. The van der Waals surface area contributed by atoms with Crippen LogP contribution in [0.3, 0.4) is 0 Å². The minimum Gasteiger partial charge on any atom is -0.467 e. The molecule has 0 heterocycles. The standard InChI is InChI=1S/C19H25O3PSi/c1-14(20)16-8-6-7-9-18(16)23-19-12-15(24(3,4)5)10-11-17(19)22-13-21-2/h6-12,23H,13H2,1-5H3. The van der Waals surface area contributed by atoms with Crippen LogP contribution in [0.1, 0.15) is 17.3 Å². The molecule has 0 N–H and O–H groups in total. The average molecular weight is 360 g/mol. The molecule has 24 heavy (non-hydrogen) atoms. The number of ketones is 1. The summed E-state index contributed by atoms with van der Waals surface area (Å²) in [5.74, 6) is 0.925. The third kappa shape index (κ3) is 4.76. The van der Waals surface area contributed by atoms with E-state index in [0.717, 1.165) is 21.9 Å². The van der Waals surface area contributed by atoms with Gasteiger partial charge < -0.3 is 9.47 Å². The van der Waals surface area contributed by atoms with Crippen molar-refractivity contribution < 1.29 is 14.3 Å². The van der Waals surface area contributed by atoms with Crippen molar-refractivity contribution in [2.75, 3.05) is 13.9 Å². The van der Waals surface area contributed by atoms with Gasteiger partial charge in [0.2, 0.25) is 0 Å². The predicted molar refractivity (Wildman–Crippen MR) is 106 cm³/mol. The largest absolute Gasteiger partial charge is 0.467 e. The summed E-state index contributed by atoms with van der Waals surface area (Å²) >= 11 is 0. The molecule has 0 saturated heterocycles. The van der Waals surface area contributed by atoms with E-state index in [2.05, 4.69) is 31.8 Å². The van der Waals surface area contributed by atoms with E-state index >= 15 is 0 Å². The van der Waals surface area contributed by atoms with Crippen molar-refractivity contribution in [2.24, 2.45) is 0 Å². The van der Waals surface area contributed by atoms with Gasteiger partial charge in [0.25, 0.3) is 0 Å². The lowest BCUT2D eigenvalue weighted by atomic mass is 10.1. The van der Waals surface area contributed by atoms with Crippen molar-refractivity contribution in [3.05, 3.63) is 48.0 Å². The molecule has 0 aliphatic carbocycles. The topological polar surface area (TPSA) is 35.5 Å². The van der Waals surface area contributed by atoms with Gasteiger partial charge in [0, 0.05) is 18.0 Å². The fraction of sp³-hybridized carbons (Fsp3) is 0.316. The molecule has 128 valence electrons. The number of carbonyl (C=O) groups excluding carboxylic acids is 1. The maximum Gasteiger partial charge on any atom is 0.188 e. The second-order valence-corrected chi connectivity index (χ2v) is 13.1. The molecule has 0 saturated carbocycles. The molecule has 0 fully saturated rings. The predicted octanol–water partition coefficient (Wildman–Crippen LogP) is 3.05. The lowest BCUT2D eigenvalue weighted by molar-refractivity contribution is 0.0519. The van der Waals surface area contributed by atoms with Crippen molar-refractivity contribution in [1.82, 2.24) is 0 Å². The molecule has 2 aromatic carbocycles. The molecule has 1 unspecified atom stereocenters. The number of rotatable bonds is 7. The van der Waals surface area contributed by atoms with E-state index < -0.39 is 8.07 Å². The van der Waals surface area contributed by atoms with Crippen molar-refractivity contribution in [3.63, 3.8) is 0 Å². The van der Waals surface area contributed by atoms with E-state index in [0.29, 0.717) is 8.58 Å². The molecular weight excluding hydrogens is 335 g/mol. The zero-order chi connectivity index (χ0) is 17.7. The first-order chi connectivity index (χ1) is 11.3. The van der Waals surface area contributed by atoms with Gasteiger partial charge in [-0.3, -0.25) is 4.79 Å². The quantitative estimate of drug-likeness (QED) is 0.329. The highest BCUT2D eigenvalue weighted by molar-refractivity contribution is 7.56. The maximum absolute atomic E-state index is 11.9. The maximum atomic E-state index is 11.9. The van der Waals surface area contributed by atoms with Gasteiger partial charge in [0.15, 0.2) is 12.6 Å². The fourth-order valence-electron chi connectivity index (χ4n) is 2.39. The molecule has 5 heteroatoms. The second-order valence-electron chi connectivity index (χ2n) is 6.74.